The van der Waals surface area contributed by atoms with Crippen LogP contribution in [0.4, 0.5) is 0 Å². The minimum absolute atomic E-state index is 0.0625. The Morgan fingerprint density at radius 3 is 2.70 bits per heavy atom. The second-order valence-electron chi connectivity index (χ2n) is 4.99. The lowest BCUT2D eigenvalue weighted by Crippen LogP contribution is -2.33. The van der Waals surface area contributed by atoms with Gasteiger partial charge >= 0.3 is 0 Å². The molecule has 20 heavy (non-hydrogen) atoms. The summed E-state index contributed by atoms with van der Waals surface area (Å²) in [5.74, 6) is 1.69. The van der Waals surface area contributed by atoms with Crippen LogP contribution in [-0.4, -0.2) is 17.1 Å². The zero-order valence-electron chi connectivity index (χ0n) is 12.0. The van der Waals surface area contributed by atoms with Gasteiger partial charge in [-0.25, -0.2) is 0 Å². The molecule has 0 aliphatic carbocycles. The monoisotopic (exact) mass is 276 g/mol. The summed E-state index contributed by atoms with van der Waals surface area (Å²) in [6.45, 7) is 5.99. The number of nitrogens with two attached hydrogens (primary N) is 1. The second-order valence-corrected chi connectivity index (χ2v) is 4.99. The van der Waals surface area contributed by atoms with Gasteiger partial charge in [0.2, 0.25) is 0 Å². The average Bonchev–Trinajstić information content (AvgIpc) is 2.82. The van der Waals surface area contributed by atoms with Gasteiger partial charge in [-0.3, -0.25) is 0 Å². The highest BCUT2D eigenvalue weighted by atomic mass is 16.5. The Bertz CT molecular complexity index is 617. The van der Waals surface area contributed by atoms with Gasteiger partial charge in [-0.05, 0) is 18.6 Å². The number of hydrogen-bond donors (Lipinski definition) is 2. The number of furan rings is 1. The molecule has 1 aromatic carbocycles. The third kappa shape index (κ3) is 2.57. The highest BCUT2D eigenvalue weighted by Crippen LogP contribution is 2.38. The topological polar surface area (TPSA) is 81.0 Å². The molecule has 5 heteroatoms. The van der Waals surface area contributed by atoms with Gasteiger partial charge in [-0.2, -0.15) is 0 Å². The van der Waals surface area contributed by atoms with Gasteiger partial charge in [-0.15, -0.1) is 0 Å². The lowest BCUT2D eigenvalue weighted by atomic mass is 10.1. The molecule has 1 atom stereocenters. The lowest BCUT2D eigenvalue weighted by molar-refractivity contribution is 0.242. The van der Waals surface area contributed by atoms with Crippen molar-refractivity contribution in [2.75, 3.05) is 0 Å². The summed E-state index contributed by atoms with van der Waals surface area (Å²) in [5.41, 5.74) is 6.44. The molecule has 1 aromatic heterocycles. The summed E-state index contributed by atoms with van der Waals surface area (Å²) in [6.07, 6.45) is 0.130. The van der Waals surface area contributed by atoms with Crippen LogP contribution in [0.5, 0.6) is 5.75 Å². The van der Waals surface area contributed by atoms with E-state index < -0.39 is 6.10 Å². The Morgan fingerprint density at radius 1 is 1.40 bits per heavy atom. The Morgan fingerprint density at radius 2 is 2.10 bits per heavy atom. The number of benzene rings is 1. The molecule has 0 aliphatic heterocycles. The molecule has 1 heterocycles. The van der Waals surface area contributed by atoms with Gasteiger partial charge in [0.15, 0.2) is 17.7 Å². The van der Waals surface area contributed by atoms with Gasteiger partial charge in [-0.1, -0.05) is 38.1 Å². The molecule has 0 aliphatic rings. The molecular formula is C15H20N2O3. The smallest absolute Gasteiger partial charge is 0.180 e. The summed E-state index contributed by atoms with van der Waals surface area (Å²) in [7, 11) is 0. The van der Waals surface area contributed by atoms with E-state index in [1.165, 1.54) is 0 Å². The summed E-state index contributed by atoms with van der Waals surface area (Å²) in [6, 6.07) is 7.69. The molecule has 108 valence electrons. The van der Waals surface area contributed by atoms with Gasteiger partial charge in [0, 0.05) is 5.92 Å². The molecule has 0 spiro atoms. The van der Waals surface area contributed by atoms with Crippen LogP contribution in [0.15, 0.2) is 33.8 Å². The van der Waals surface area contributed by atoms with Crippen molar-refractivity contribution in [3.05, 3.63) is 30.0 Å². The first-order valence-corrected chi connectivity index (χ1v) is 6.74. The van der Waals surface area contributed by atoms with Crippen molar-refractivity contribution in [1.29, 1.82) is 0 Å². The molecule has 0 fully saturated rings. The molecule has 2 aromatic rings. The first-order valence-electron chi connectivity index (χ1n) is 6.74. The first-order chi connectivity index (χ1) is 9.58. The Labute approximate surface area is 118 Å². The number of oxime groups is 1. The summed E-state index contributed by atoms with van der Waals surface area (Å²) in [5, 5.41) is 12.8. The molecule has 2 rings (SSSR count). The van der Waals surface area contributed by atoms with Gasteiger partial charge in [0.25, 0.3) is 0 Å². The normalized spacial score (nSPS) is 13.9. The van der Waals surface area contributed by atoms with E-state index in [0.29, 0.717) is 12.2 Å². The maximum atomic E-state index is 8.82. The van der Waals surface area contributed by atoms with Gasteiger partial charge < -0.3 is 20.1 Å². The highest BCUT2D eigenvalue weighted by molar-refractivity contribution is 5.88. The molecule has 1 unspecified atom stereocenters. The number of nitrogens with zero attached hydrogens (tertiary/aromatic N) is 1. The van der Waals surface area contributed by atoms with Crippen molar-refractivity contribution >= 4 is 16.8 Å². The van der Waals surface area contributed by atoms with Crippen LogP contribution >= 0.6 is 0 Å². The van der Waals surface area contributed by atoms with Crippen LogP contribution in [0.1, 0.15) is 38.9 Å². The van der Waals surface area contributed by atoms with Crippen molar-refractivity contribution in [2.45, 2.75) is 39.2 Å². The third-order valence-electron chi connectivity index (χ3n) is 3.18. The SMILES string of the molecule is CCC(Oc1c(C(C)C)oc2ccccc12)C(N)=NO. The maximum Gasteiger partial charge on any atom is 0.180 e. The van der Waals surface area contributed by atoms with Crippen molar-refractivity contribution in [3.63, 3.8) is 0 Å². The van der Waals surface area contributed by atoms with Crippen molar-refractivity contribution in [3.8, 4) is 5.75 Å². The lowest BCUT2D eigenvalue weighted by Gasteiger charge is -2.17. The standard InChI is InChI=1S/C15H20N2O3/c1-4-11(15(16)17-18)19-14-10-7-5-6-8-12(10)20-13(14)9(2)3/h5-9,11,18H,4H2,1-3H3,(H2,16,17). The summed E-state index contributed by atoms with van der Waals surface area (Å²) < 4.78 is 11.8. The van der Waals surface area contributed by atoms with E-state index in [9.17, 15) is 0 Å². The minimum Gasteiger partial charge on any atom is -0.478 e. The van der Waals surface area contributed by atoms with E-state index in [2.05, 4.69) is 5.16 Å². The van der Waals surface area contributed by atoms with Crippen LogP contribution in [0.2, 0.25) is 0 Å². The molecule has 5 nitrogen and oxygen atoms in total. The zero-order valence-corrected chi connectivity index (χ0v) is 12.0. The number of amidine groups is 1. The number of para-hydroxylation sites is 1. The molecular weight excluding hydrogens is 256 g/mol. The van der Waals surface area contributed by atoms with Gasteiger partial charge in [0.05, 0.1) is 5.39 Å². The molecule has 0 saturated heterocycles. The molecule has 0 radical (unpaired) electrons. The van der Waals surface area contributed by atoms with Crippen LogP contribution in [0, 0.1) is 0 Å². The second kappa shape index (κ2) is 5.86. The van der Waals surface area contributed by atoms with Crippen LogP contribution in [-0.2, 0) is 0 Å². The third-order valence-corrected chi connectivity index (χ3v) is 3.18. The van der Waals surface area contributed by atoms with E-state index in [0.717, 1.165) is 16.7 Å². The van der Waals surface area contributed by atoms with Crippen LogP contribution in [0.3, 0.4) is 0 Å². The minimum atomic E-state index is -0.474. The largest absolute Gasteiger partial charge is 0.478 e. The molecule has 3 N–H and O–H groups in total. The Balaban J connectivity index is 2.48. The molecule has 0 amide bonds. The van der Waals surface area contributed by atoms with E-state index in [1.54, 1.807) is 0 Å². The zero-order chi connectivity index (χ0) is 14.7. The predicted octanol–water partition coefficient (Wildman–Crippen LogP) is 3.46. The Hall–Kier alpha value is -2.17. The van der Waals surface area contributed by atoms with Crippen LogP contribution in [0.25, 0.3) is 11.0 Å². The van der Waals surface area contributed by atoms with E-state index in [1.807, 2.05) is 45.0 Å². The fraction of sp³-hybridized carbons (Fsp3) is 0.400. The van der Waals surface area contributed by atoms with Crippen molar-refractivity contribution in [1.82, 2.24) is 0 Å². The fourth-order valence-corrected chi connectivity index (χ4v) is 2.10. The summed E-state index contributed by atoms with van der Waals surface area (Å²) in [4.78, 5) is 0. The number of fused-ring (bicyclic) bond motifs is 1. The predicted molar refractivity (Wildman–Crippen MR) is 78.4 cm³/mol. The first kappa shape index (κ1) is 14.2. The van der Waals surface area contributed by atoms with Crippen molar-refractivity contribution < 1.29 is 14.4 Å². The fourth-order valence-electron chi connectivity index (χ4n) is 2.10. The summed E-state index contributed by atoms with van der Waals surface area (Å²) >= 11 is 0. The number of hydrogen-bond acceptors (Lipinski definition) is 4. The quantitative estimate of drug-likeness (QED) is 0.379. The molecule has 0 bridgehead atoms. The number of rotatable bonds is 5. The Kier molecular flexibility index (Phi) is 4.17. The van der Waals surface area contributed by atoms with E-state index in [-0.39, 0.29) is 11.8 Å². The maximum absolute atomic E-state index is 8.82. The highest BCUT2D eigenvalue weighted by Gasteiger charge is 2.22. The van der Waals surface area contributed by atoms with Crippen LogP contribution < -0.4 is 10.5 Å². The number of ether oxygens (including phenoxy) is 1. The van der Waals surface area contributed by atoms with Crippen molar-refractivity contribution in [2.24, 2.45) is 10.9 Å². The van der Waals surface area contributed by atoms with E-state index in [4.69, 9.17) is 20.1 Å². The van der Waals surface area contributed by atoms with E-state index >= 15 is 0 Å². The average molecular weight is 276 g/mol. The molecule has 0 saturated carbocycles. The van der Waals surface area contributed by atoms with Gasteiger partial charge in [0.1, 0.15) is 11.3 Å².